The maximum Gasteiger partial charge on any atom is 0.124 e. The van der Waals surface area contributed by atoms with Gasteiger partial charge in [-0.05, 0) is 17.7 Å². The van der Waals surface area contributed by atoms with Crippen molar-refractivity contribution < 1.29 is 4.79 Å². The Hall–Kier alpha value is -0.470. The second kappa shape index (κ2) is 5.42. The van der Waals surface area contributed by atoms with Crippen LogP contribution in [-0.4, -0.2) is 11.5 Å². The molecule has 1 aromatic rings. The third-order valence-corrected chi connectivity index (χ3v) is 3.18. The van der Waals surface area contributed by atoms with Crippen molar-refractivity contribution in [2.24, 2.45) is 0 Å². The normalized spacial score (nSPS) is 10.6. The molecule has 0 radical (unpaired) electrons. The smallest absolute Gasteiger partial charge is 0.124 e. The van der Waals surface area contributed by atoms with Gasteiger partial charge in [-0.3, -0.25) is 0 Å². The average Bonchev–Trinajstić information content (AvgIpc) is 2.10. The van der Waals surface area contributed by atoms with Crippen molar-refractivity contribution in [1.29, 1.82) is 0 Å². The van der Waals surface area contributed by atoms with E-state index in [2.05, 4.69) is 13.8 Å². The zero-order valence-corrected chi connectivity index (χ0v) is 9.86. The van der Waals surface area contributed by atoms with E-state index in [9.17, 15) is 4.79 Å². The van der Waals surface area contributed by atoms with E-state index in [1.165, 1.54) is 0 Å². The van der Waals surface area contributed by atoms with Gasteiger partial charge in [0, 0.05) is 16.6 Å². The molecule has 0 atom stereocenters. The number of halogens is 1. The van der Waals surface area contributed by atoms with Crippen LogP contribution in [0.5, 0.6) is 0 Å². The Morgan fingerprint density at radius 2 is 2.21 bits per heavy atom. The van der Waals surface area contributed by atoms with Gasteiger partial charge in [-0.2, -0.15) is 0 Å². The van der Waals surface area contributed by atoms with Crippen LogP contribution in [0.1, 0.15) is 19.4 Å². The molecule has 76 valence electrons. The van der Waals surface area contributed by atoms with E-state index >= 15 is 0 Å². The second-order valence-corrected chi connectivity index (χ2v) is 5.33. The van der Waals surface area contributed by atoms with E-state index in [1.807, 2.05) is 18.2 Å². The summed E-state index contributed by atoms with van der Waals surface area (Å²) in [6.45, 7) is 4.25. The Labute approximate surface area is 93.8 Å². The highest BCUT2D eigenvalue weighted by atomic mass is 35.5. The zero-order valence-electron chi connectivity index (χ0n) is 8.29. The fraction of sp³-hybridized carbons (Fsp3) is 0.364. The largest absolute Gasteiger partial charge is 0.303 e. The van der Waals surface area contributed by atoms with Gasteiger partial charge in [0.05, 0.1) is 5.02 Å². The maximum atomic E-state index is 10.3. The molecule has 1 rings (SSSR count). The van der Waals surface area contributed by atoms with Crippen molar-refractivity contribution in [1.82, 2.24) is 0 Å². The van der Waals surface area contributed by atoms with Crippen LogP contribution in [0, 0.1) is 0 Å². The predicted octanol–water partition coefficient (Wildman–Crippen LogP) is 3.58. The SMILES string of the molecule is CC(C)Sc1ccc(CC=O)cc1Cl. The number of hydrogen-bond acceptors (Lipinski definition) is 2. The number of hydrogen-bond donors (Lipinski definition) is 0. The number of rotatable bonds is 4. The summed E-state index contributed by atoms with van der Waals surface area (Å²) in [6, 6.07) is 5.79. The van der Waals surface area contributed by atoms with Crippen LogP contribution in [-0.2, 0) is 11.2 Å². The van der Waals surface area contributed by atoms with Crippen molar-refractivity contribution in [2.45, 2.75) is 30.4 Å². The van der Waals surface area contributed by atoms with Crippen molar-refractivity contribution in [3.8, 4) is 0 Å². The molecule has 1 aromatic carbocycles. The molecular formula is C11H13ClOS. The first-order valence-corrected chi connectivity index (χ1v) is 5.78. The van der Waals surface area contributed by atoms with Crippen molar-refractivity contribution in [2.75, 3.05) is 0 Å². The monoisotopic (exact) mass is 228 g/mol. The molecule has 0 aliphatic rings. The zero-order chi connectivity index (χ0) is 10.6. The van der Waals surface area contributed by atoms with Gasteiger partial charge in [-0.15, -0.1) is 11.8 Å². The number of aldehydes is 1. The summed E-state index contributed by atoms with van der Waals surface area (Å²) in [5.74, 6) is 0. The average molecular weight is 229 g/mol. The van der Waals surface area contributed by atoms with Crippen LogP contribution in [0.25, 0.3) is 0 Å². The molecule has 0 spiro atoms. The summed E-state index contributed by atoms with van der Waals surface area (Å²) < 4.78 is 0. The molecule has 0 saturated heterocycles. The number of benzene rings is 1. The lowest BCUT2D eigenvalue weighted by molar-refractivity contribution is -0.107. The highest BCUT2D eigenvalue weighted by molar-refractivity contribution is 8.00. The summed E-state index contributed by atoms with van der Waals surface area (Å²) >= 11 is 7.80. The fourth-order valence-corrected chi connectivity index (χ4v) is 2.28. The quantitative estimate of drug-likeness (QED) is 0.579. The lowest BCUT2D eigenvalue weighted by Crippen LogP contribution is -1.89. The predicted molar refractivity (Wildman–Crippen MR) is 62.2 cm³/mol. The minimum Gasteiger partial charge on any atom is -0.303 e. The van der Waals surface area contributed by atoms with Crippen LogP contribution < -0.4 is 0 Å². The number of carbonyl (C=O) groups is 1. The van der Waals surface area contributed by atoms with Gasteiger partial charge in [-0.1, -0.05) is 31.5 Å². The standard InChI is InChI=1S/C11H13ClOS/c1-8(2)14-11-4-3-9(5-6-13)7-10(11)12/h3-4,6-8H,5H2,1-2H3. The van der Waals surface area contributed by atoms with Crippen molar-refractivity contribution in [3.05, 3.63) is 28.8 Å². The Bertz CT molecular complexity index is 323. The Morgan fingerprint density at radius 3 is 2.71 bits per heavy atom. The van der Waals surface area contributed by atoms with Crippen LogP contribution in [0.15, 0.2) is 23.1 Å². The summed E-state index contributed by atoms with van der Waals surface area (Å²) in [7, 11) is 0. The maximum absolute atomic E-state index is 10.3. The summed E-state index contributed by atoms with van der Waals surface area (Å²) in [5, 5.41) is 1.26. The summed E-state index contributed by atoms with van der Waals surface area (Å²) in [5.41, 5.74) is 0.970. The highest BCUT2D eigenvalue weighted by Crippen LogP contribution is 2.30. The molecule has 0 heterocycles. The van der Waals surface area contributed by atoms with Crippen LogP contribution in [0.2, 0.25) is 5.02 Å². The minimum absolute atomic E-state index is 0.437. The first-order chi connectivity index (χ1) is 6.63. The summed E-state index contributed by atoms with van der Waals surface area (Å²) in [6.07, 6.45) is 1.33. The molecule has 0 aliphatic carbocycles. The van der Waals surface area contributed by atoms with Gasteiger partial charge in [0.2, 0.25) is 0 Å². The van der Waals surface area contributed by atoms with E-state index in [1.54, 1.807) is 11.8 Å². The van der Waals surface area contributed by atoms with Gasteiger partial charge >= 0.3 is 0 Å². The van der Waals surface area contributed by atoms with Gasteiger partial charge in [-0.25, -0.2) is 0 Å². The molecule has 0 N–H and O–H groups in total. The van der Waals surface area contributed by atoms with Crippen LogP contribution >= 0.6 is 23.4 Å². The molecule has 0 unspecified atom stereocenters. The van der Waals surface area contributed by atoms with Gasteiger partial charge in [0.25, 0.3) is 0 Å². The lowest BCUT2D eigenvalue weighted by Gasteiger charge is -2.07. The molecule has 0 aliphatic heterocycles. The fourth-order valence-electron chi connectivity index (χ4n) is 1.12. The van der Waals surface area contributed by atoms with Gasteiger partial charge in [0.15, 0.2) is 0 Å². The van der Waals surface area contributed by atoms with E-state index < -0.39 is 0 Å². The van der Waals surface area contributed by atoms with E-state index in [0.29, 0.717) is 11.7 Å². The second-order valence-electron chi connectivity index (χ2n) is 3.30. The van der Waals surface area contributed by atoms with Crippen molar-refractivity contribution in [3.63, 3.8) is 0 Å². The Morgan fingerprint density at radius 1 is 1.50 bits per heavy atom. The van der Waals surface area contributed by atoms with Gasteiger partial charge in [0.1, 0.15) is 6.29 Å². The molecule has 0 fully saturated rings. The molecule has 3 heteroatoms. The van der Waals surface area contributed by atoms with Crippen molar-refractivity contribution >= 4 is 29.6 Å². The Kier molecular flexibility index (Phi) is 4.49. The first kappa shape index (κ1) is 11.6. The van der Waals surface area contributed by atoms with Crippen LogP contribution in [0.3, 0.4) is 0 Å². The molecule has 0 saturated carbocycles. The Balaban J connectivity index is 2.83. The van der Waals surface area contributed by atoms with Crippen LogP contribution in [0.4, 0.5) is 0 Å². The third-order valence-electron chi connectivity index (χ3n) is 1.68. The topological polar surface area (TPSA) is 17.1 Å². The molecule has 1 nitrogen and oxygen atoms in total. The minimum atomic E-state index is 0.437. The molecule has 0 aromatic heterocycles. The number of carbonyl (C=O) groups excluding carboxylic acids is 1. The molecule has 0 amide bonds. The third kappa shape index (κ3) is 3.35. The molecular weight excluding hydrogens is 216 g/mol. The van der Waals surface area contributed by atoms with E-state index in [0.717, 1.165) is 21.8 Å². The lowest BCUT2D eigenvalue weighted by atomic mass is 10.2. The first-order valence-electron chi connectivity index (χ1n) is 4.52. The summed E-state index contributed by atoms with van der Waals surface area (Å²) in [4.78, 5) is 11.4. The molecule has 14 heavy (non-hydrogen) atoms. The van der Waals surface area contributed by atoms with Gasteiger partial charge < -0.3 is 4.79 Å². The number of thioether (sulfide) groups is 1. The van der Waals surface area contributed by atoms with E-state index in [-0.39, 0.29) is 0 Å². The highest BCUT2D eigenvalue weighted by Gasteiger charge is 2.04. The molecule has 0 bridgehead atoms. The van der Waals surface area contributed by atoms with E-state index in [4.69, 9.17) is 11.6 Å².